The Balaban J connectivity index is 4.48. The van der Waals surface area contributed by atoms with Crippen molar-refractivity contribution in [2.24, 2.45) is 0 Å². The van der Waals surface area contributed by atoms with Crippen LogP contribution in [0, 0.1) is 0 Å². The summed E-state index contributed by atoms with van der Waals surface area (Å²) < 4.78 is 16.8. The summed E-state index contributed by atoms with van der Waals surface area (Å²) in [6.45, 7) is 6.32. The monoisotopic (exact) mass is 955 g/mol. The standard InChI is InChI=1S/C63H102O6/c1-4-7-10-13-16-19-22-25-27-29-30-31-32-34-35-38-41-44-47-50-53-56-62(65)68-59-60(58-67-61(64)55-52-49-46-43-40-37-24-21-18-15-12-9-6-3)69-63(66)57-54-51-48-45-42-39-36-33-28-26-23-20-17-14-11-8-5-2/h8-9,11-12,17-18,20-22,25-26,28-30,36-37,39-40,45,48,60H,4-7,10,13-16,19,23-24,27,31-35,38,41-44,46-47,49-59H2,1-3H3/b11-8-,12-9-,20-17-,21-18-,25-22-,28-26-,30-29-,39-36-,40-37-,48-45-. The van der Waals surface area contributed by atoms with Crippen LogP contribution in [0.2, 0.25) is 0 Å². The highest BCUT2D eigenvalue weighted by Crippen LogP contribution is 2.14. The lowest BCUT2D eigenvalue weighted by molar-refractivity contribution is -0.167. The second-order valence-corrected chi connectivity index (χ2v) is 18.1. The first-order valence-electron chi connectivity index (χ1n) is 28.0. The summed E-state index contributed by atoms with van der Waals surface area (Å²) >= 11 is 0. The lowest BCUT2D eigenvalue weighted by Gasteiger charge is -2.18. The first kappa shape index (κ1) is 64.8. The van der Waals surface area contributed by atoms with E-state index >= 15 is 0 Å². The maximum atomic E-state index is 12.8. The van der Waals surface area contributed by atoms with E-state index in [1.165, 1.54) is 83.5 Å². The molecule has 390 valence electrons. The number of hydrogen-bond donors (Lipinski definition) is 0. The molecule has 0 aromatic carbocycles. The Bertz CT molecular complexity index is 1470. The number of carbonyl (C=O) groups is 3. The summed E-state index contributed by atoms with van der Waals surface area (Å²) in [5, 5.41) is 0. The predicted octanol–water partition coefficient (Wildman–Crippen LogP) is 18.9. The molecule has 0 saturated heterocycles. The molecule has 0 heterocycles. The summed E-state index contributed by atoms with van der Waals surface area (Å²) in [5.41, 5.74) is 0. The Hall–Kier alpha value is -4.19. The van der Waals surface area contributed by atoms with Gasteiger partial charge in [0.15, 0.2) is 6.10 Å². The second kappa shape index (κ2) is 56.4. The Kier molecular flexibility index (Phi) is 53.0. The molecule has 0 spiro atoms. The van der Waals surface area contributed by atoms with Crippen LogP contribution >= 0.6 is 0 Å². The summed E-state index contributed by atoms with van der Waals surface area (Å²) in [6.07, 6.45) is 77.7. The van der Waals surface area contributed by atoms with Crippen molar-refractivity contribution >= 4 is 17.9 Å². The quantitative estimate of drug-likeness (QED) is 0.0262. The molecular weight excluding hydrogens is 853 g/mol. The molecule has 0 rings (SSSR count). The van der Waals surface area contributed by atoms with Crippen molar-refractivity contribution in [2.45, 2.75) is 245 Å². The third-order valence-corrected chi connectivity index (χ3v) is 11.4. The van der Waals surface area contributed by atoms with Gasteiger partial charge in [0.1, 0.15) is 13.2 Å². The van der Waals surface area contributed by atoms with Crippen molar-refractivity contribution in [1.29, 1.82) is 0 Å². The average molecular weight is 956 g/mol. The third-order valence-electron chi connectivity index (χ3n) is 11.4. The molecule has 0 bridgehead atoms. The van der Waals surface area contributed by atoms with Gasteiger partial charge in [-0.25, -0.2) is 0 Å². The summed E-state index contributed by atoms with van der Waals surface area (Å²) in [6, 6.07) is 0. The number of unbranched alkanes of at least 4 members (excludes halogenated alkanes) is 18. The van der Waals surface area contributed by atoms with E-state index < -0.39 is 6.10 Å². The molecule has 0 aliphatic heterocycles. The van der Waals surface area contributed by atoms with Crippen molar-refractivity contribution in [3.8, 4) is 0 Å². The third kappa shape index (κ3) is 54.6. The van der Waals surface area contributed by atoms with Crippen LogP contribution in [0.5, 0.6) is 0 Å². The summed E-state index contributed by atoms with van der Waals surface area (Å²) in [7, 11) is 0. The Morgan fingerprint density at radius 1 is 0.304 bits per heavy atom. The van der Waals surface area contributed by atoms with Gasteiger partial charge < -0.3 is 14.2 Å². The van der Waals surface area contributed by atoms with E-state index in [-0.39, 0.29) is 37.5 Å². The number of ether oxygens (including phenoxy) is 3. The highest BCUT2D eigenvalue weighted by Gasteiger charge is 2.19. The van der Waals surface area contributed by atoms with Crippen LogP contribution in [0.4, 0.5) is 0 Å². The van der Waals surface area contributed by atoms with Crippen molar-refractivity contribution in [2.75, 3.05) is 13.2 Å². The van der Waals surface area contributed by atoms with Crippen molar-refractivity contribution in [3.63, 3.8) is 0 Å². The van der Waals surface area contributed by atoms with Gasteiger partial charge in [-0.15, -0.1) is 0 Å². The summed E-state index contributed by atoms with van der Waals surface area (Å²) in [5.74, 6) is -1.01. The van der Waals surface area contributed by atoms with E-state index in [1.807, 2.05) is 0 Å². The highest BCUT2D eigenvalue weighted by atomic mass is 16.6. The zero-order valence-electron chi connectivity index (χ0n) is 44.5. The smallest absolute Gasteiger partial charge is 0.306 e. The molecule has 0 saturated carbocycles. The molecule has 0 aromatic heterocycles. The molecule has 6 heteroatoms. The lowest BCUT2D eigenvalue weighted by atomic mass is 10.1. The maximum absolute atomic E-state index is 12.8. The maximum Gasteiger partial charge on any atom is 0.306 e. The molecule has 0 aromatic rings. The fraction of sp³-hybridized carbons (Fsp3) is 0.635. The SMILES string of the molecule is CC/C=C\C/C=C\C/C=C\C/C=C\C/C=C\CCCC(=O)OC(COC(=O)CCCCC/C=C\C/C=C\C/C=C\CC)COC(=O)CCCCCCCCCCC/C=C\C/C=C\CCCCCCC. The summed E-state index contributed by atoms with van der Waals surface area (Å²) in [4.78, 5) is 38.1. The number of rotatable bonds is 49. The van der Waals surface area contributed by atoms with Gasteiger partial charge in [-0.1, -0.05) is 219 Å². The van der Waals surface area contributed by atoms with Crippen LogP contribution < -0.4 is 0 Å². The van der Waals surface area contributed by atoms with Crippen molar-refractivity contribution in [3.05, 3.63) is 122 Å². The van der Waals surface area contributed by atoms with Crippen LogP contribution in [0.15, 0.2) is 122 Å². The molecule has 0 fully saturated rings. The zero-order valence-corrected chi connectivity index (χ0v) is 44.5. The first-order valence-corrected chi connectivity index (χ1v) is 28.0. The van der Waals surface area contributed by atoms with Crippen LogP contribution in [0.1, 0.15) is 239 Å². The molecular formula is C63H102O6. The minimum absolute atomic E-state index is 0.115. The lowest BCUT2D eigenvalue weighted by Crippen LogP contribution is -2.30. The normalized spacial score (nSPS) is 13.0. The molecule has 0 amide bonds. The van der Waals surface area contributed by atoms with Gasteiger partial charge in [0.25, 0.3) is 0 Å². The van der Waals surface area contributed by atoms with E-state index in [0.717, 1.165) is 109 Å². The number of esters is 3. The average Bonchev–Trinajstić information content (AvgIpc) is 3.35. The van der Waals surface area contributed by atoms with Gasteiger partial charge in [-0.3, -0.25) is 14.4 Å². The van der Waals surface area contributed by atoms with E-state index in [4.69, 9.17) is 14.2 Å². The van der Waals surface area contributed by atoms with Gasteiger partial charge >= 0.3 is 17.9 Å². The van der Waals surface area contributed by atoms with Gasteiger partial charge in [-0.05, 0) is 122 Å². The van der Waals surface area contributed by atoms with Crippen LogP contribution in [0.3, 0.4) is 0 Å². The largest absolute Gasteiger partial charge is 0.462 e. The van der Waals surface area contributed by atoms with Gasteiger partial charge in [0.2, 0.25) is 0 Å². The topological polar surface area (TPSA) is 78.9 Å². The van der Waals surface area contributed by atoms with Crippen LogP contribution in [-0.2, 0) is 28.6 Å². The predicted molar refractivity (Wildman–Crippen MR) is 297 cm³/mol. The van der Waals surface area contributed by atoms with E-state index in [0.29, 0.717) is 19.3 Å². The fourth-order valence-corrected chi connectivity index (χ4v) is 7.29. The van der Waals surface area contributed by atoms with Gasteiger partial charge in [0, 0.05) is 19.3 Å². The molecule has 0 N–H and O–H groups in total. The number of carbonyl (C=O) groups excluding carboxylic acids is 3. The van der Waals surface area contributed by atoms with E-state index in [1.54, 1.807) is 0 Å². The Morgan fingerprint density at radius 2 is 0.580 bits per heavy atom. The second-order valence-electron chi connectivity index (χ2n) is 18.1. The zero-order chi connectivity index (χ0) is 50.0. The molecule has 0 aliphatic rings. The van der Waals surface area contributed by atoms with E-state index in [9.17, 15) is 14.4 Å². The Labute approximate surface area is 424 Å². The minimum atomic E-state index is -0.825. The molecule has 0 radical (unpaired) electrons. The molecule has 1 unspecified atom stereocenters. The fourth-order valence-electron chi connectivity index (χ4n) is 7.29. The van der Waals surface area contributed by atoms with Gasteiger partial charge in [-0.2, -0.15) is 0 Å². The molecule has 0 aliphatic carbocycles. The molecule has 1 atom stereocenters. The highest BCUT2D eigenvalue weighted by molar-refractivity contribution is 5.71. The van der Waals surface area contributed by atoms with Crippen molar-refractivity contribution < 1.29 is 28.6 Å². The van der Waals surface area contributed by atoms with Crippen LogP contribution in [-0.4, -0.2) is 37.2 Å². The van der Waals surface area contributed by atoms with E-state index in [2.05, 4.69) is 142 Å². The first-order chi connectivity index (χ1) is 34.0. The minimum Gasteiger partial charge on any atom is -0.462 e. The van der Waals surface area contributed by atoms with Crippen molar-refractivity contribution in [1.82, 2.24) is 0 Å². The Morgan fingerprint density at radius 3 is 0.942 bits per heavy atom. The van der Waals surface area contributed by atoms with Gasteiger partial charge in [0.05, 0.1) is 0 Å². The number of allylic oxidation sites excluding steroid dienone is 20. The molecule has 69 heavy (non-hydrogen) atoms. The van der Waals surface area contributed by atoms with Crippen LogP contribution in [0.25, 0.3) is 0 Å². The molecule has 6 nitrogen and oxygen atoms in total. The number of hydrogen-bond acceptors (Lipinski definition) is 6.